The van der Waals surface area contributed by atoms with E-state index in [0.29, 0.717) is 12.8 Å². The molecular weight excluding hydrogens is 1030 g/mol. The van der Waals surface area contributed by atoms with Gasteiger partial charge in [0, 0.05) is 12.8 Å². The number of esters is 2. The number of carbonyl (C=O) groups excluding carboxylic acids is 2. The van der Waals surface area contributed by atoms with Crippen molar-refractivity contribution >= 4 is 11.9 Å². The lowest BCUT2D eigenvalue weighted by atomic mass is 10.0. The fourth-order valence-electron chi connectivity index (χ4n) is 11.7. The summed E-state index contributed by atoms with van der Waals surface area (Å²) in [7, 11) is 0. The first kappa shape index (κ1) is 81.6. The van der Waals surface area contributed by atoms with Gasteiger partial charge in [-0.25, -0.2) is 0 Å². The van der Waals surface area contributed by atoms with Crippen molar-refractivity contribution in [1.29, 1.82) is 0 Å². The minimum Gasteiger partial charge on any atom is -0.462 e. The summed E-state index contributed by atoms with van der Waals surface area (Å²) in [4.78, 5) is 24.7. The molecule has 0 aromatic rings. The van der Waals surface area contributed by atoms with Crippen molar-refractivity contribution in [3.63, 3.8) is 0 Å². The molecule has 5 nitrogen and oxygen atoms in total. The largest absolute Gasteiger partial charge is 0.462 e. The number of hydrogen-bond donors (Lipinski definition) is 1. The molecule has 492 valence electrons. The van der Waals surface area contributed by atoms with Gasteiger partial charge in [0.25, 0.3) is 0 Å². The monoisotopic (exact) mass is 1180 g/mol. The maximum absolute atomic E-state index is 12.4. The lowest BCUT2D eigenvalue weighted by Gasteiger charge is -2.15. The summed E-state index contributed by atoms with van der Waals surface area (Å²) in [6.07, 6.45) is 103. The zero-order valence-corrected chi connectivity index (χ0v) is 56.7. The summed E-state index contributed by atoms with van der Waals surface area (Å²) in [5, 5.41) is 9.72. The molecule has 0 saturated heterocycles. The smallest absolute Gasteiger partial charge is 0.306 e. The van der Waals surface area contributed by atoms with Gasteiger partial charge in [-0.3, -0.25) is 9.59 Å². The molecule has 84 heavy (non-hydrogen) atoms. The van der Waals surface area contributed by atoms with E-state index in [1.165, 1.54) is 327 Å². The van der Waals surface area contributed by atoms with E-state index in [1.807, 2.05) is 0 Å². The molecule has 5 heteroatoms. The summed E-state index contributed by atoms with van der Waals surface area (Å²) in [5.41, 5.74) is 0. The van der Waals surface area contributed by atoms with Gasteiger partial charge in [0.05, 0.1) is 6.61 Å². The molecular formula is C79H146O5. The number of aliphatic hydroxyl groups excluding tert-OH is 1. The first-order valence-corrected chi connectivity index (χ1v) is 37.8. The average molecular weight is 1180 g/mol. The van der Waals surface area contributed by atoms with E-state index in [-0.39, 0.29) is 25.2 Å². The van der Waals surface area contributed by atoms with Crippen LogP contribution in [0.3, 0.4) is 0 Å². The average Bonchev–Trinajstić information content (AvgIpc) is 3.51. The maximum Gasteiger partial charge on any atom is 0.306 e. The molecule has 1 atom stereocenters. The number of unbranched alkanes of at least 4 members (excludes halogenated alkanes) is 53. The summed E-state index contributed by atoms with van der Waals surface area (Å²) < 4.78 is 10.8. The Bertz CT molecular complexity index is 1430. The van der Waals surface area contributed by atoms with Gasteiger partial charge in [0.2, 0.25) is 0 Å². The topological polar surface area (TPSA) is 72.8 Å². The van der Waals surface area contributed by atoms with Gasteiger partial charge < -0.3 is 14.6 Å². The predicted octanol–water partition coefficient (Wildman–Crippen LogP) is 26.4. The van der Waals surface area contributed by atoms with Crippen molar-refractivity contribution < 1.29 is 24.2 Å². The second-order valence-corrected chi connectivity index (χ2v) is 25.7. The Hall–Kier alpha value is -2.40. The SMILES string of the molecule is CC/C=C\C/C=C\C/C=C\C/C=C\CCCCCCCCCCCCCCCCCCCCCCCCCCCCC(=O)OC(CO)COC(=O)CCCCCCCCCCCCCCCCCCCCC/C=C\CCCCCCCCCC. The van der Waals surface area contributed by atoms with E-state index in [1.54, 1.807) is 0 Å². The van der Waals surface area contributed by atoms with Crippen LogP contribution in [0.4, 0.5) is 0 Å². The van der Waals surface area contributed by atoms with Crippen molar-refractivity contribution in [3.8, 4) is 0 Å². The van der Waals surface area contributed by atoms with Gasteiger partial charge in [0.1, 0.15) is 6.61 Å². The molecule has 0 aliphatic carbocycles. The molecule has 0 aromatic heterocycles. The highest BCUT2D eigenvalue weighted by atomic mass is 16.6. The zero-order valence-electron chi connectivity index (χ0n) is 56.7. The fraction of sp³-hybridized carbons (Fsp3) is 0.848. The Kier molecular flexibility index (Phi) is 72.7. The summed E-state index contributed by atoms with van der Waals surface area (Å²) in [6, 6.07) is 0. The number of allylic oxidation sites excluding steroid dienone is 10. The highest BCUT2D eigenvalue weighted by Gasteiger charge is 2.16. The molecule has 0 aliphatic rings. The van der Waals surface area contributed by atoms with Crippen LogP contribution in [0.25, 0.3) is 0 Å². The van der Waals surface area contributed by atoms with E-state index in [2.05, 4.69) is 74.6 Å². The van der Waals surface area contributed by atoms with Gasteiger partial charge in [-0.05, 0) is 77.0 Å². The standard InChI is InChI=1S/C79H146O5/c1-3-5-7-9-11-13-15-17-19-21-23-25-27-29-31-33-35-36-37-38-39-40-41-42-44-46-48-50-52-54-56-58-60-62-64-66-68-70-72-74-79(82)84-77(75-80)76-83-78(81)73-71-69-67-65-63-61-59-57-55-53-51-49-47-45-43-34-32-30-28-26-24-22-20-18-16-14-12-10-8-6-4-2/h5,7,11,13,17,19,22-25,77,80H,3-4,6,8-10,12,14-16,18,20-21,26-76H2,1-2H3/b7-5-,13-11-,19-17-,24-22-,25-23-. The summed E-state index contributed by atoms with van der Waals surface area (Å²) in [5.74, 6) is -0.565. The number of rotatable bonds is 71. The molecule has 1 N–H and O–H groups in total. The molecule has 0 aromatic carbocycles. The molecule has 0 radical (unpaired) electrons. The van der Waals surface area contributed by atoms with Crippen LogP contribution < -0.4 is 0 Å². The van der Waals surface area contributed by atoms with Crippen LogP contribution in [0, 0.1) is 0 Å². The van der Waals surface area contributed by atoms with E-state index in [9.17, 15) is 14.7 Å². The molecule has 0 aliphatic heterocycles. The number of aliphatic hydroxyl groups is 1. The van der Waals surface area contributed by atoms with Gasteiger partial charge >= 0.3 is 11.9 Å². The highest BCUT2D eigenvalue weighted by Crippen LogP contribution is 2.19. The molecule has 1 unspecified atom stereocenters. The van der Waals surface area contributed by atoms with Crippen LogP contribution >= 0.6 is 0 Å². The predicted molar refractivity (Wildman–Crippen MR) is 371 cm³/mol. The Morgan fingerprint density at radius 2 is 0.512 bits per heavy atom. The van der Waals surface area contributed by atoms with Crippen LogP contribution in [0.1, 0.15) is 412 Å². The van der Waals surface area contributed by atoms with Crippen molar-refractivity contribution in [2.24, 2.45) is 0 Å². The van der Waals surface area contributed by atoms with E-state index in [4.69, 9.17) is 9.47 Å². The third-order valence-corrected chi connectivity index (χ3v) is 17.3. The lowest BCUT2D eigenvalue weighted by molar-refractivity contribution is -0.161. The molecule has 0 bridgehead atoms. The van der Waals surface area contributed by atoms with Crippen LogP contribution in [-0.4, -0.2) is 36.4 Å². The molecule has 0 heterocycles. The molecule has 0 saturated carbocycles. The van der Waals surface area contributed by atoms with Crippen LogP contribution in [-0.2, 0) is 19.1 Å². The second-order valence-electron chi connectivity index (χ2n) is 25.7. The first-order valence-electron chi connectivity index (χ1n) is 37.8. The Morgan fingerprint density at radius 3 is 0.786 bits per heavy atom. The van der Waals surface area contributed by atoms with Gasteiger partial charge in [-0.2, -0.15) is 0 Å². The number of carbonyl (C=O) groups is 2. The van der Waals surface area contributed by atoms with E-state index < -0.39 is 6.10 Å². The third kappa shape index (κ3) is 72.1. The number of ether oxygens (including phenoxy) is 2. The first-order chi connectivity index (χ1) is 41.6. The van der Waals surface area contributed by atoms with Gasteiger partial charge in [-0.15, -0.1) is 0 Å². The maximum atomic E-state index is 12.4. The van der Waals surface area contributed by atoms with E-state index >= 15 is 0 Å². The lowest BCUT2D eigenvalue weighted by Crippen LogP contribution is -2.28. The van der Waals surface area contributed by atoms with Crippen molar-refractivity contribution in [2.45, 2.75) is 418 Å². The number of hydrogen-bond acceptors (Lipinski definition) is 5. The Balaban J connectivity index is 3.37. The van der Waals surface area contributed by atoms with Crippen molar-refractivity contribution in [3.05, 3.63) is 60.8 Å². The van der Waals surface area contributed by atoms with Gasteiger partial charge in [-0.1, -0.05) is 383 Å². The summed E-state index contributed by atoms with van der Waals surface area (Å²) in [6.45, 7) is 4.09. The second kappa shape index (κ2) is 74.9. The van der Waals surface area contributed by atoms with E-state index in [0.717, 1.165) is 57.8 Å². The van der Waals surface area contributed by atoms with Crippen LogP contribution in [0.5, 0.6) is 0 Å². The quantitative estimate of drug-likeness (QED) is 0.0373. The minimum atomic E-state index is -0.771. The highest BCUT2D eigenvalue weighted by molar-refractivity contribution is 5.70. The minimum absolute atomic E-state index is 0.0595. The molecule has 0 rings (SSSR count). The van der Waals surface area contributed by atoms with Crippen molar-refractivity contribution in [2.75, 3.05) is 13.2 Å². The molecule has 0 spiro atoms. The van der Waals surface area contributed by atoms with Crippen LogP contribution in [0.15, 0.2) is 60.8 Å². The normalized spacial score (nSPS) is 12.5. The summed E-state index contributed by atoms with van der Waals surface area (Å²) >= 11 is 0. The van der Waals surface area contributed by atoms with Gasteiger partial charge in [0.15, 0.2) is 6.10 Å². The Morgan fingerprint density at radius 1 is 0.286 bits per heavy atom. The van der Waals surface area contributed by atoms with Crippen molar-refractivity contribution in [1.82, 2.24) is 0 Å². The Labute approximate surface area is 525 Å². The third-order valence-electron chi connectivity index (χ3n) is 17.3. The molecule has 0 amide bonds. The fourth-order valence-corrected chi connectivity index (χ4v) is 11.7. The van der Waals surface area contributed by atoms with Crippen LogP contribution in [0.2, 0.25) is 0 Å². The molecule has 0 fully saturated rings. The zero-order chi connectivity index (χ0) is 60.5.